The summed E-state index contributed by atoms with van der Waals surface area (Å²) in [4.78, 5) is 15.5. The van der Waals surface area contributed by atoms with Gasteiger partial charge >= 0.3 is 6.09 Å². The molecule has 0 spiro atoms. The van der Waals surface area contributed by atoms with E-state index in [9.17, 15) is 4.79 Å². The number of hydrogen-bond acceptors (Lipinski definition) is 3. The molecule has 4 N–H and O–H groups in total. The zero-order valence-electron chi connectivity index (χ0n) is 12.6. The summed E-state index contributed by atoms with van der Waals surface area (Å²) in [6.07, 6.45) is 2.54. The molecule has 0 radical (unpaired) electrons. The highest BCUT2D eigenvalue weighted by atomic mass is 16.6. The minimum Gasteiger partial charge on any atom is -0.444 e. The van der Waals surface area contributed by atoms with Crippen molar-refractivity contribution in [3.05, 3.63) is 0 Å². The van der Waals surface area contributed by atoms with Crippen LogP contribution in [-0.4, -0.2) is 37.3 Å². The Morgan fingerprint density at radius 1 is 1.21 bits per heavy atom. The molecule has 0 unspecified atom stereocenters. The van der Waals surface area contributed by atoms with Crippen molar-refractivity contribution in [2.45, 2.75) is 52.6 Å². The maximum absolute atomic E-state index is 11.3. The summed E-state index contributed by atoms with van der Waals surface area (Å²) in [6.45, 7) is 9.58. The van der Waals surface area contributed by atoms with Crippen LogP contribution in [0.2, 0.25) is 0 Å². The lowest BCUT2D eigenvalue weighted by Crippen LogP contribution is -2.34. The topological polar surface area (TPSA) is 88.7 Å². The molecular weight excluding hydrogens is 244 g/mol. The number of rotatable bonds is 7. The van der Waals surface area contributed by atoms with Gasteiger partial charge in [-0.2, -0.15) is 0 Å². The van der Waals surface area contributed by atoms with E-state index in [2.05, 4.69) is 22.5 Å². The second-order valence-corrected chi connectivity index (χ2v) is 5.33. The van der Waals surface area contributed by atoms with Crippen LogP contribution in [0.3, 0.4) is 0 Å². The molecular formula is C13H28N4O2. The van der Waals surface area contributed by atoms with Crippen LogP contribution < -0.4 is 16.4 Å². The van der Waals surface area contributed by atoms with E-state index in [-0.39, 0.29) is 0 Å². The molecule has 1 amide bonds. The molecule has 6 heteroatoms. The molecule has 0 aliphatic carbocycles. The zero-order valence-corrected chi connectivity index (χ0v) is 12.6. The number of guanidine groups is 1. The monoisotopic (exact) mass is 272 g/mol. The molecule has 112 valence electrons. The SMILES string of the molecule is CCCCNC(N)=NCCCNC(=O)OC(C)(C)C. The van der Waals surface area contributed by atoms with Gasteiger partial charge in [0, 0.05) is 19.6 Å². The van der Waals surface area contributed by atoms with Gasteiger partial charge in [-0.1, -0.05) is 13.3 Å². The van der Waals surface area contributed by atoms with Crippen molar-refractivity contribution >= 4 is 12.1 Å². The fraction of sp³-hybridized carbons (Fsp3) is 0.846. The lowest BCUT2D eigenvalue weighted by molar-refractivity contribution is 0.0527. The molecule has 0 saturated carbocycles. The lowest BCUT2D eigenvalue weighted by Gasteiger charge is -2.19. The molecule has 0 aromatic rings. The van der Waals surface area contributed by atoms with Crippen LogP contribution in [0.4, 0.5) is 4.79 Å². The van der Waals surface area contributed by atoms with Crippen LogP contribution in [0.15, 0.2) is 4.99 Å². The molecule has 0 aliphatic rings. The summed E-state index contributed by atoms with van der Waals surface area (Å²) >= 11 is 0. The van der Waals surface area contributed by atoms with E-state index < -0.39 is 11.7 Å². The normalized spacial score (nSPS) is 12.1. The number of ether oxygens (including phenoxy) is 1. The summed E-state index contributed by atoms with van der Waals surface area (Å²) in [5, 5.41) is 5.70. The second-order valence-electron chi connectivity index (χ2n) is 5.33. The van der Waals surface area contributed by atoms with Crippen LogP contribution in [0.1, 0.15) is 47.0 Å². The first kappa shape index (κ1) is 17.5. The summed E-state index contributed by atoms with van der Waals surface area (Å²) in [5.74, 6) is 0.464. The Balaban J connectivity index is 3.58. The van der Waals surface area contributed by atoms with Crippen molar-refractivity contribution < 1.29 is 9.53 Å². The third-order valence-electron chi connectivity index (χ3n) is 2.12. The number of nitrogens with one attached hydrogen (secondary N) is 2. The summed E-state index contributed by atoms with van der Waals surface area (Å²) in [5.41, 5.74) is 5.20. The van der Waals surface area contributed by atoms with E-state index >= 15 is 0 Å². The van der Waals surface area contributed by atoms with Crippen LogP contribution in [0, 0.1) is 0 Å². The van der Waals surface area contributed by atoms with Gasteiger partial charge in [0.25, 0.3) is 0 Å². The van der Waals surface area contributed by atoms with Crippen LogP contribution >= 0.6 is 0 Å². The van der Waals surface area contributed by atoms with Crippen molar-refractivity contribution in [2.24, 2.45) is 10.7 Å². The number of carbonyl (C=O) groups is 1. The summed E-state index contributed by atoms with van der Waals surface area (Å²) in [7, 11) is 0. The number of aliphatic imine (C=N–C) groups is 1. The van der Waals surface area contributed by atoms with E-state index in [0.29, 0.717) is 19.0 Å². The van der Waals surface area contributed by atoms with Crippen molar-refractivity contribution in [3.8, 4) is 0 Å². The molecule has 0 heterocycles. The Bertz CT molecular complexity index is 285. The van der Waals surface area contributed by atoms with E-state index in [4.69, 9.17) is 10.5 Å². The zero-order chi connectivity index (χ0) is 14.7. The number of nitrogens with zero attached hydrogens (tertiary/aromatic N) is 1. The Hall–Kier alpha value is -1.46. The largest absolute Gasteiger partial charge is 0.444 e. The van der Waals surface area contributed by atoms with Gasteiger partial charge in [0.15, 0.2) is 5.96 Å². The Morgan fingerprint density at radius 3 is 2.42 bits per heavy atom. The van der Waals surface area contributed by atoms with E-state index in [1.807, 2.05) is 20.8 Å². The van der Waals surface area contributed by atoms with Crippen molar-refractivity contribution in [3.63, 3.8) is 0 Å². The first-order valence-corrected chi connectivity index (χ1v) is 6.86. The van der Waals surface area contributed by atoms with Gasteiger partial charge in [-0.15, -0.1) is 0 Å². The van der Waals surface area contributed by atoms with Gasteiger partial charge in [-0.25, -0.2) is 4.79 Å². The van der Waals surface area contributed by atoms with E-state index in [1.165, 1.54) is 0 Å². The average molecular weight is 272 g/mol. The van der Waals surface area contributed by atoms with Crippen LogP contribution in [0.25, 0.3) is 0 Å². The Morgan fingerprint density at radius 2 is 1.84 bits per heavy atom. The molecule has 0 aromatic carbocycles. The molecule has 0 aromatic heterocycles. The minimum atomic E-state index is -0.462. The maximum atomic E-state index is 11.3. The predicted octanol–water partition coefficient (Wildman–Crippen LogP) is 1.61. The predicted molar refractivity (Wildman–Crippen MR) is 78.3 cm³/mol. The molecule has 19 heavy (non-hydrogen) atoms. The first-order chi connectivity index (χ1) is 8.85. The van der Waals surface area contributed by atoms with E-state index in [1.54, 1.807) is 0 Å². The van der Waals surface area contributed by atoms with Crippen LogP contribution in [-0.2, 0) is 4.74 Å². The maximum Gasteiger partial charge on any atom is 0.407 e. The third kappa shape index (κ3) is 12.8. The molecule has 6 nitrogen and oxygen atoms in total. The highest BCUT2D eigenvalue weighted by Gasteiger charge is 2.15. The average Bonchev–Trinajstić information content (AvgIpc) is 2.26. The van der Waals surface area contributed by atoms with Gasteiger partial charge in [-0.05, 0) is 33.6 Å². The molecule has 0 rings (SSSR count). The van der Waals surface area contributed by atoms with Gasteiger partial charge in [-0.3, -0.25) is 4.99 Å². The molecule has 0 saturated heterocycles. The number of alkyl carbamates (subject to hydrolysis) is 1. The van der Waals surface area contributed by atoms with E-state index in [0.717, 1.165) is 25.8 Å². The standard InChI is InChI=1S/C13H28N4O2/c1-5-6-8-15-11(14)16-9-7-10-17-12(18)19-13(2,3)4/h5-10H2,1-4H3,(H,17,18)(H3,14,15,16). The smallest absolute Gasteiger partial charge is 0.407 e. The number of unbranched alkanes of at least 4 members (excludes halogenated alkanes) is 1. The quantitative estimate of drug-likeness (QED) is 0.373. The number of hydrogen-bond donors (Lipinski definition) is 3. The molecule has 0 bridgehead atoms. The Kier molecular flexibility index (Phi) is 8.74. The summed E-state index contributed by atoms with van der Waals surface area (Å²) in [6, 6.07) is 0. The highest BCUT2D eigenvalue weighted by molar-refractivity contribution is 5.77. The lowest BCUT2D eigenvalue weighted by atomic mass is 10.2. The van der Waals surface area contributed by atoms with Crippen molar-refractivity contribution in [1.29, 1.82) is 0 Å². The minimum absolute atomic E-state index is 0.398. The summed E-state index contributed by atoms with van der Waals surface area (Å²) < 4.78 is 5.11. The number of carbonyl (C=O) groups excluding carboxylic acids is 1. The molecule has 0 aliphatic heterocycles. The van der Waals surface area contributed by atoms with Crippen molar-refractivity contribution in [1.82, 2.24) is 10.6 Å². The highest BCUT2D eigenvalue weighted by Crippen LogP contribution is 2.06. The van der Waals surface area contributed by atoms with Gasteiger partial charge in [0.05, 0.1) is 0 Å². The van der Waals surface area contributed by atoms with Crippen molar-refractivity contribution in [2.75, 3.05) is 19.6 Å². The van der Waals surface area contributed by atoms with Crippen LogP contribution in [0.5, 0.6) is 0 Å². The number of nitrogens with two attached hydrogens (primary N) is 1. The molecule has 0 atom stereocenters. The molecule has 0 fully saturated rings. The van der Waals surface area contributed by atoms with Gasteiger partial charge in [0.2, 0.25) is 0 Å². The fourth-order valence-corrected chi connectivity index (χ4v) is 1.23. The fourth-order valence-electron chi connectivity index (χ4n) is 1.23. The third-order valence-corrected chi connectivity index (χ3v) is 2.12. The Labute approximate surface area is 116 Å². The van der Waals surface area contributed by atoms with Gasteiger partial charge in [0.1, 0.15) is 5.60 Å². The first-order valence-electron chi connectivity index (χ1n) is 6.86. The number of amides is 1. The second kappa shape index (κ2) is 9.47. The van der Waals surface area contributed by atoms with Gasteiger partial charge < -0.3 is 21.1 Å².